The highest BCUT2D eigenvalue weighted by molar-refractivity contribution is 6.09. The molecule has 2 aliphatic carbocycles. The van der Waals surface area contributed by atoms with Gasteiger partial charge in [-0.25, -0.2) is 0 Å². The van der Waals surface area contributed by atoms with Crippen LogP contribution in [0.2, 0.25) is 0 Å². The topological polar surface area (TPSA) is 74.8 Å². The first kappa shape index (κ1) is 16.7. The van der Waals surface area contributed by atoms with Crippen molar-refractivity contribution in [3.63, 3.8) is 0 Å². The highest BCUT2D eigenvalue weighted by Crippen LogP contribution is 2.48. The van der Waals surface area contributed by atoms with E-state index < -0.39 is 23.7 Å². The molecule has 2 heterocycles. The van der Waals surface area contributed by atoms with Crippen molar-refractivity contribution in [2.75, 3.05) is 6.54 Å². The number of amides is 4. The fourth-order valence-electron chi connectivity index (χ4n) is 5.44. The van der Waals surface area contributed by atoms with Crippen LogP contribution in [0.5, 0.6) is 0 Å². The number of carbonyl (C=O) groups excluding carboxylic acids is 4. The average molecular weight is 346 g/mol. The Bertz CT molecular complexity index is 595. The van der Waals surface area contributed by atoms with Crippen molar-refractivity contribution in [3.8, 4) is 0 Å². The zero-order chi connectivity index (χ0) is 17.9. The lowest BCUT2D eigenvalue weighted by Gasteiger charge is -2.32. The summed E-state index contributed by atoms with van der Waals surface area (Å²) in [6.07, 6.45) is 4.58. The molecule has 4 unspecified atom stereocenters. The van der Waals surface area contributed by atoms with Crippen LogP contribution in [0.3, 0.4) is 0 Å². The van der Waals surface area contributed by atoms with E-state index in [1.165, 1.54) is 9.80 Å². The fourth-order valence-corrected chi connectivity index (χ4v) is 5.44. The lowest BCUT2D eigenvalue weighted by molar-refractivity contribution is -0.143. The predicted octanol–water partition coefficient (Wildman–Crippen LogP) is 1.58. The minimum absolute atomic E-state index is 0.0141. The van der Waals surface area contributed by atoms with Crippen molar-refractivity contribution in [3.05, 3.63) is 0 Å². The first-order chi connectivity index (χ1) is 11.9. The number of hydrogen-bond acceptors (Lipinski definition) is 4. The molecule has 4 aliphatic rings. The molecule has 6 heteroatoms. The summed E-state index contributed by atoms with van der Waals surface area (Å²) in [6.45, 7) is 4.37. The van der Waals surface area contributed by atoms with Crippen LogP contribution in [0.25, 0.3) is 0 Å². The van der Waals surface area contributed by atoms with E-state index in [4.69, 9.17) is 0 Å². The van der Waals surface area contributed by atoms with Crippen LogP contribution in [0.1, 0.15) is 52.4 Å². The van der Waals surface area contributed by atoms with Gasteiger partial charge in [0.05, 0.1) is 23.7 Å². The fraction of sp³-hybridized carbons (Fsp3) is 0.789. The molecule has 0 radical (unpaired) electrons. The van der Waals surface area contributed by atoms with Crippen molar-refractivity contribution >= 4 is 23.6 Å². The maximum absolute atomic E-state index is 13.0. The number of likely N-dealkylation sites (tertiary alicyclic amines) is 2. The number of hydrogen-bond donors (Lipinski definition) is 0. The second kappa shape index (κ2) is 5.92. The number of rotatable bonds is 2. The van der Waals surface area contributed by atoms with Gasteiger partial charge in [0.2, 0.25) is 23.6 Å². The van der Waals surface area contributed by atoms with Crippen molar-refractivity contribution in [2.24, 2.45) is 29.6 Å². The minimum Gasteiger partial charge on any atom is -0.282 e. The molecule has 4 atom stereocenters. The molecule has 136 valence electrons. The van der Waals surface area contributed by atoms with Gasteiger partial charge in [-0.05, 0) is 51.4 Å². The molecule has 0 bridgehead atoms. The van der Waals surface area contributed by atoms with Crippen LogP contribution < -0.4 is 0 Å². The lowest BCUT2D eigenvalue weighted by atomic mass is 9.70. The molecule has 0 aromatic carbocycles. The summed E-state index contributed by atoms with van der Waals surface area (Å²) in [5.74, 6) is -1.45. The smallest absolute Gasteiger partial charge is 0.233 e. The first-order valence-electron chi connectivity index (χ1n) is 9.66. The molecule has 0 spiro atoms. The quantitative estimate of drug-likeness (QED) is 0.712. The van der Waals surface area contributed by atoms with E-state index in [0.29, 0.717) is 25.3 Å². The lowest BCUT2D eigenvalue weighted by Crippen LogP contribution is -2.42. The molecule has 4 amide bonds. The Morgan fingerprint density at radius 2 is 1.20 bits per heavy atom. The van der Waals surface area contributed by atoms with Gasteiger partial charge >= 0.3 is 0 Å². The highest BCUT2D eigenvalue weighted by atomic mass is 16.2. The Balaban J connectivity index is 1.55. The Labute approximate surface area is 147 Å². The van der Waals surface area contributed by atoms with Gasteiger partial charge in [-0.1, -0.05) is 6.92 Å². The van der Waals surface area contributed by atoms with E-state index in [-0.39, 0.29) is 29.7 Å². The third-order valence-corrected chi connectivity index (χ3v) is 6.93. The molecule has 4 rings (SSSR count). The van der Waals surface area contributed by atoms with Gasteiger partial charge in [0.15, 0.2) is 0 Å². The van der Waals surface area contributed by atoms with Gasteiger partial charge in [0, 0.05) is 12.6 Å². The first-order valence-corrected chi connectivity index (χ1v) is 9.66. The van der Waals surface area contributed by atoms with Crippen molar-refractivity contribution < 1.29 is 19.2 Å². The maximum Gasteiger partial charge on any atom is 0.233 e. The summed E-state index contributed by atoms with van der Waals surface area (Å²) in [7, 11) is 0. The number of imide groups is 2. The molecule has 0 aromatic heterocycles. The summed E-state index contributed by atoms with van der Waals surface area (Å²) in [4.78, 5) is 53.7. The van der Waals surface area contributed by atoms with Crippen molar-refractivity contribution in [2.45, 2.75) is 58.4 Å². The number of nitrogens with zero attached hydrogens (tertiary/aromatic N) is 2. The van der Waals surface area contributed by atoms with E-state index in [9.17, 15) is 19.2 Å². The van der Waals surface area contributed by atoms with Crippen molar-refractivity contribution in [1.29, 1.82) is 0 Å². The summed E-state index contributed by atoms with van der Waals surface area (Å²) in [5, 5.41) is 0. The summed E-state index contributed by atoms with van der Waals surface area (Å²) >= 11 is 0. The SMILES string of the molecule is CCN1C(=O)C2CC3C(=O)N(C4CCC(C)CC4)C(=O)C3CC2C1=O. The zero-order valence-corrected chi connectivity index (χ0v) is 14.9. The number of carbonyl (C=O) groups is 4. The maximum atomic E-state index is 13.0. The molecule has 6 nitrogen and oxygen atoms in total. The molecule has 2 aliphatic heterocycles. The molecule has 4 fully saturated rings. The average Bonchev–Trinajstić information content (AvgIpc) is 2.99. The minimum atomic E-state index is -0.406. The van der Waals surface area contributed by atoms with E-state index in [0.717, 1.165) is 25.7 Å². The van der Waals surface area contributed by atoms with Crippen LogP contribution in [0.4, 0.5) is 0 Å². The summed E-state index contributed by atoms with van der Waals surface area (Å²) < 4.78 is 0. The van der Waals surface area contributed by atoms with E-state index in [1.807, 2.05) is 0 Å². The van der Waals surface area contributed by atoms with Gasteiger partial charge in [-0.15, -0.1) is 0 Å². The van der Waals surface area contributed by atoms with Gasteiger partial charge in [-0.3, -0.25) is 29.0 Å². The van der Waals surface area contributed by atoms with Gasteiger partial charge in [0.25, 0.3) is 0 Å². The highest BCUT2D eigenvalue weighted by Gasteiger charge is 2.60. The Kier molecular flexibility index (Phi) is 3.96. The molecule has 0 N–H and O–H groups in total. The van der Waals surface area contributed by atoms with Gasteiger partial charge in [0.1, 0.15) is 0 Å². The predicted molar refractivity (Wildman–Crippen MR) is 88.9 cm³/mol. The normalized spacial score (nSPS) is 41.4. The van der Waals surface area contributed by atoms with Crippen LogP contribution >= 0.6 is 0 Å². The molecule has 2 saturated heterocycles. The van der Waals surface area contributed by atoms with Crippen molar-refractivity contribution in [1.82, 2.24) is 9.80 Å². The standard InChI is InChI=1S/C19H26N2O4/c1-3-20-16(22)12-8-14-15(9-13(12)17(20)23)19(25)21(18(14)24)11-6-4-10(2)5-7-11/h10-15H,3-9H2,1-2H3. The number of fused-ring (bicyclic) bond motifs is 2. The molecular weight excluding hydrogens is 320 g/mol. The van der Waals surface area contributed by atoms with Crippen LogP contribution in [0.15, 0.2) is 0 Å². The largest absolute Gasteiger partial charge is 0.282 e. The van der Waals surface area contributed by atoms with E-state index >= 15 is 0 Å². The molecule has 0 aromatic rings. The molecular formula is C19H26N2O4. The van der Waals surface area contributed by atoms with E-state index in [1.54, 1.807) is 6.92 Å². The summed E-state index contributed by atoms with van der Waals surface area (Å²) in [5.41, 5.74) is 0. The van der Waals surface area contributed by atoms with Crippen LogP contribution in [0, 0.1) is 29.6 Å². The van der Waals surface area contributed by atoms with Crippen LogP contribution in [-0.4, -0.2) is 46.0 Å². The monoisotopic (exact) mass is 346 g/mol. The third kappa shape index (κ3) is 2.36. The Morgan fingerprint density at radius 1 is 0.760 bits per heavy atom. The second-order valence-electron chi connectivity index (χ2n) is 8.28. The Morgan fingerprint density at radius 3 is 1.64 bits per heavy atom. The Hall–Kier alpha value is -1.72. The van der Waals surface area contributed by atoms with Crippen LogP contribution in [-0.2, 0) is 19.2 Å². The van der Waals surface area contributed by atoms with E-state index in [2.05, 4.69) is 6.92 Å². The molecule has 2 saturated carbocycles. The second-order valence-corrected chi connectivity index (χ2v) is 8.28. The molecule has 25 heavy (non-hydrogen) atoms. The van der Waals surface area contributed by atoms with Gasteiger partial charge < -0.3 is 0 Å². The van der Waals surface area contributed by atoms with Gasteiger partial charge in [-0.2, -0.15) is 0 Å². The zero-order valence-electron chi connectivity index (χ0n) is 14.9. The summed E-state index contributed by atoms with van der Waals surface area (Å²) in [6, 6.07) is 0.0141. The third-order valence-electron chi connectivity index (χ3n) is 6.93.